The van der Waals surface area contributed by atoms with Crippen LogP contribution in [-0.2, 0) is 4.74 Å². The van der Waals surface area contributed by atoms with Gasteiger partial charge in [0.2, 0.25) is 0 Å². The number of halogens is 2. The van der Waals surface area contributed by atoms with E-state index < -0.39 is 5.97 Å². The molecule has 0 unspecified atom stereocenters. The van der Waals surface area contributed by atoms with Crippen molar-refractivity contribution in [1.82, 2.24) is 0 Å². The van der Waals surface area contributed by atoms with E-state index in [2.05, 4.69) is 4.74 Å². The van der Waals surface area contributed by atoms with Gasteiger partial charge in [0.05, 0.1) is 23.4 Å². The predicted octanol–water partition coefficient (Wildman–Crippen LogP) is 4.15. The summed E-state index contributed by atoms with van der Waals surface area (Å²) in [7, 11) is 1.30. The summed E-state index contributed by atoms with van der Waals surface area (Å²) < 4.78 is 10.2. The second-order valence-corrected chi connectivity index (χ2v) is 4.76. The molecule has 0 aromatic heterocycles. The maximum absolute atomic E-state index is 11.4. The number of nitrogens with two attached hydrogens (primary N) is 1. The van der Waals surface area contributed by atoms with Crippen LogP contribution in [0.5, 0.6) is 11.5 Å². The number of nitrogen functional groups attached to an aromatic ring is 1. The number of esters is 1. The molecule has 0 saturated carbocycles. The minimum Gasteiger partial charge on any atom is -0.465 e. The molecule has 0 saturated heterocycles. The minimum atomic E-state index is -0.465. The molecule has 104 valence electrons. The fraction of sp³-hybridized carbons (Fsp3) is 0.0714. The van der Waals surface area contributed by atoms with Gasteiger partial charge in [0.1, 0.15) is 11.5 Å². The predicted molar refractivity (Wildman–Crippen MR) is 78.7 cm³/mol. The molecule has 0 heterocycles. The number of rotatable bonds is 3. The molecule has 4 nitrogen and oxygen atoms in total. The Kier molecular flexibility index (Phi) is 4.37. The van der Waals surface area contributed by atoms with E-state index in [1.807, 2.05) is 0 Å². The van der Waals surface area contributed by atoms with Crippen LogP contribution in [0.2, 0.25) is 10.0 Å². The number of carbonyl (C=O) groups excluding carboxylic acids is 1. The molecule has 2 aromatic carbocycles. The number of hydrogen-bond donors (Lipinski definition) is 1. The molecule has 0 bridgehead atoms. The van der Waals surface area contributed by atoms with Gasteiger partial charge in [-0.25, -0.2) is 4.79 Å². The summed E-state index contributed by atoms with van der Waals surface area (Å²) >= 11 is 11.8. The lowest BCUT2D eigenvalue weighted by atomic mass is 10.2. The SMILES string of the molecule is COC(=O)c1ccc(Oc2ccc(Cl)cc2Cl)c(N)c1. The summed E-state index contributed by atoms with van der Waals surface area (Å²) in [6, 6.07) is 9.47. The Balaban J connectivity index is 2.28. The highest BCUT2D eigenvalue weighted by atomic mass is 35.5. The first-order valence-electron chi connectivity index (χ1n) is 5.62. The van der Waals surface area contributed by atoms with Gasteiger partial charge < -0.3 is 15.2 Å². The topological polar surface area (TPSA) is 61.5 Å². The van der Waals surface area contributed by atoms with Crippen molar-refractivity contribution in [1.29, 1.82) is 0 Å². The number of hydrogen-bond acceptors (Lipinski definition) is 4. The molecule has 0 aliphatic carbocycles. The van der Waals surface area contributed by atoms with Crippen LogP contribution in [-0.4, -0.2) is 13.1 Å². The summed E-state index contributed by atoms with van der Waals surface area (Å²) in [5.74, 6) is 0.350. The first-order valence-corrected chi connectivity index (χ1v) is 6.37. The number of benzene rings is 2. The molecular formula is C14H11Cl2NO3. The highest BCUT2D eigenvalue weighted by molar-refractivity contribution is 6.35. The Bertz CT molecular complexity index is 659. The van der Waals surface area contributed by atoms with Gasteiger partial charge in [-0.3, -0.25) is 0 Å². The molecule has 6 heteroatoms. The lowest BCUT2D eigenvalue weighted by Gasteiger charge is -2.11. The van der Waals surface area contributed by atoms with Gasteiger partial charge in [0.25, 0.3) is 0 Å². The molecule has 2 aromatic rings. The largest absolute Gasteiger partial charge is 0.465 e. The molecule has 0 radical (unpaired) electrons. The van der Waals surface area contributed by atoms with Crippen molar-refractivity contribution in [2.75, 3.05) is 12.8 Å². The van der Waals surface area contributed by atoms with Crippen molar-refractivity contribution in [3.8, 4) is 11.5 Å². The normalized spacial score (nSPS) is 10.2. The molecular weight excluding hydrogens is 301 g/mol. The zero-order chi connectivity index (χ0) is 14.7. The van der Waals surface area contributed by atoms with Crippen molar-refractivity contribution < 1.29 is 14.3 Å². The lowest BCUT2D eigenvalue weighted by molar-refractivity contribution is 0.0601. The van der Waals surface area contributed by atoms with Gasteiger partial charge in [-0.05, 0) is 36.4 Å². The van der Waals surface area contributed by atoms with Crippen LogP contribution in [0.25, 0.3) is 0 Å². The second-order valence-electron chi connectivity index (χ2n) is 3.92. The first-order chi connectivity index (χ1) is 9.51. The maximum atomic E-state index is 11.4. The quantitative estimate of drug-likeness (QED) is 0.683. The third kappa shape index (κ3) is 3.15. The minimum absolute atomic E-state index is 0.305. The Morgan fingerprint density at radius 3 is 2.40 bits per heavy atom. The maximum Gasteiger partial charge on any atom is 0.337 e. The van der Waals surface area contributed by atoms with Gasteiger partial charge in [-0.1, -0.05) is 23.2 Å². The lowest BCUT2D eigenvalue weighted by Crippen LogP contribution is -2.02. The second kappa shape index (κ2) is 6.03. The zero-order valence-electron chi connectivity index (χ0n) is 10.5. The van der Waals surface area contributed by atoms with Crippen LogP contribution in [0.1, 0.15) is 10.4 Å². The summed E-state index contributed by atoms with van der Waals surface area (Å²) in [4.78, 5) is 11.4. The van der Waals surface area contributed by atoms with E-state index in [9.17, 15) is 4.79 Å². The molecule has 0 spiro atoms. The number of methoxy groups -OCH3 is 1. The monoisotopic (exact) mass is 311 g/mol. The van der Waals surface area contributed by atoms with E-state index in [1.165, 1.54) is 13.2 Å². The highest BCUT2D eigenvalue weighted by Crippen LogP contribution is 2.34. The van der Waals surface area contributed by atoms with Crippen molar-refractivity contribution in [3.63, 3.8) is 0 Å². The number of anilines is 1. The Morgan fingerprint density at radius 1 is 1.10 bits per heavy atom. The van der Waals surface area contributed by atoms with Crippen molar-refractivity contribution in [2.45, 2.75) is 0 Å². The van der Waals surface area contributed by atoms with Gasteiger partial charge in [-0.15, -0.1) is 0 Å². The standard InChI is InChI=1S/C14H11Cl2NO3/c1-19-14(18)8-2-4-13(11(17)6-8)20-12-5-3-9(15)7-10(12)16/h2-7H,17H2,1H3. The Hall–Kier alpha value is -1.91. The van der Waals surface area contributed by atoms with Crippen LogP contribution in [0.15, 0.2) is 36.4 Å². The molecule has 0 aliphatic heterocycles. The van der Waals surface area contributed by atoms with Gasteiger partial charge in [0.15, 0.2) is 0 Å². The van der Waals surface area contributed by atoms with E-state index >= 15 is 0 Å². The van der Waals surface area contributed by atoms with Crippen LogP contribution in [0, 0.1) is 0 Å². The van der Waals surface area contributed by atoms with E-state index in [1.54, 1.807) is 30.3 Å². The zero-order valence-corrected chi connectivity index (χ0v) is 12.0. The molecule has 20 heavy (non-hydrogen) atoms. The van der Waals surface area contributed by atoms with Gasteiger partial charge >= 0.3 is 5.97 Å². The summed E-state index contributed by atoms with van der Waals surface area (Å²) in [6.07, 6.45) is 0. The molecule has 2 rings (SSSR count). The van der Waals surface area contributed by atoms with Gasteiger partial charge in [0, 0.05) is 5.02 Å². The van der Waals surface area contributed by atoms with E-state index in [0.29, 0.717) is 32.8 Å². The van der Waals surface area contributed by atoms with Gasteiger partial charge in [-0.2, -0.15) is 0 Å². The third-order valence-electron chi connectivity index (χ3n) is 2.54. The van der Waals surface area contributed by atoms with E-state index in [0.717, 1.165) is 0 Å². The number of ether oxygens (including phenoxy) is 2. The molecule has 0 amide bonds. The molecule has 0 fully saturated rings. The molecule has 2 N–H and O–H groups in total. The molecule has 0 aliphatic rings. The van der Waals surface area contributed by atoms with E-state index in [4.69, 9.17) is 33.7 Å². The summed E-state index contributed by atoms with van der Waals surface area (Å²) in [5, 5.41) is 0.880. The first kappa shape index (κ1) is 14.5. The van der Waals surface area contributed by atoms with Crippen LogP contribution in [0.3, 0.4) is 0 Å². The van der Waals surface area contributed by atoms with E-state index in [-0.39, 0.29) is 0 Å². The van der Waals surface area contributed by atoms with Crippen molar-refractivity contribution in [3.05, 3.63) is 52.0 Å². The van der Waals surface area contributed by atoms with Crippen molar-refractivity contribution in [2.24, 2.45) is 0 Å². The van der Waals surface area contributed by atoms with Crippen LogP contribution >= 0.6 is 23.2 Å². The average molecular weight is 312 g/mol. The average Bonchev–Trinajstić information content (AvgIpc) is 2.42. The van der Waals surface area contributed by atoms with Crippen LogP contribution < -0.4 is 10.5 Å². The Labute approximate surface area is 126 Å². The van der Waals surface area contributed by atoms with Crippen molar-refractivity contribution >= 4 is 34.9 Å². The molecule has 0 atom stereocenters. The number of carbonyl (C=O) groups is 1. The fourth-order valence-electron chi connectivity index (χ4n) is 1.56. The smallest absolute Gasteiger partial charge is 0.337 e. The van der Waals surface area contributed by atoms with Crippen LogP contribution in [0.4, 0.5) is 5.69 Å². The third-order valence-corrected chi connectivity index (χ3v) is 3.08. The summed E-state index contributed by atoms with van der Waals surface area (Å²) in [6.45, 7) is 0. The highest BCUT2D eigenvalue weighted by Gasteiger charge is 2.11. The summed E-state index contributed by atoms with van der Waals surface area (Å²) in [5.41, 5.74) is 6.49. The Morgan fingerprint density at radius 2 is 1.80 bits per heavy atom. The fourth-order valence-corrected chi connectivity index (χ4v) is 2.01.